The van der Waals surface area contributed by atoms with E-state index in [-0.39, 0.29) is 17.8 Å². The van der Waals surface area contributed by atoms with Crippen molar-refractivity contribution >= 4 is 21.5 Å². The molecule has 0 aromatic heterocycles. The smallest absolute Gasteiger partial charge is 0.442 e. The van der Waals surface area contributed by atoms with E-state index in [4.69, 9.17) is 14.6 Å². The van der Waals surface area contributed by atoms with Gasteiger partial charge in [-0.2, -0.15) is 0 Å². The Morgan fingerprint density at radius 1 is 1.30 bits per heavy atom. The third-order valence-corrected chi connectivity index (χ3v) is 4.45. The standard InChI is InChI=1S/C17H28N2O6S.H2O/c1-17(2,3)25-16(21)19-26(4,23)12-13-9-14(18-22)11-15(10-13)24-8-6-5-7-20;/h9-11,20H,5-8,12,18H2,1-4H3;1H2. The molecule has 27 heavy (non-hydrogen) atoms. The fraction of sp³-hybridized carbons (Fsp3) is 0.588. The molecule has 156 valence electrons. The average molecular weight is 407 g/mol. The van der Waals surface area contributed by atoms with Crippen LogP contribution in [-0.4, -0.2) is 46.0 Å². The van der Waals surface area contributed by atoms with Crippen LogP contribution in [0.2, 0.25) is 0 Å². The first-order chi connectivity index (χ1) is 12.0. The zero-order valence-electron chi connectivity index (χ0n) is 16.2. The molecule has 0 bridgehead atoms. The Kier molecular flexibility index (Phi) is 10.5. The van der Waals surface area contributed by atoms with E-state index in [1.54, 1.807) is 39.0 Å². The number of amides is 1. The summed E-state index contributed by atoms with van der Waals surface area (Å²) in [5.41, 5.74) is 0.911. The van der Waals surface area contributed by atoms with Crippen LogP contribution in [0.3, 0.4) is 0 Å². The van der Waals surface area contributed by atoms with Crippen molar-refractivity contribution in [1.82, 2.24) is 0 Å². The highest BCUT2D eigenvalue weighted by Crippen LogP contribution is 2.21. The number of carbonyl (C=O) groups is 1. The normalized spacial score (nSPS) is 13.3. The Morgan fingerprint density at radius 2 is 1.96 bits per heavy atom. The summed E-state index contributed by atoms with van der Waals surface area (Å²) in [7, 11) is -2.88. The first-order valence-electron chi connectivity index (χ1n) is 8.30. The molecule has 1 amide bonds. The largest absolute Gasteiger partial charge is 0.630 e. The minimum absolute atomic E-state index is 0. The maximum absolute atomic E-state index is 12.6. The third-order valence-electron chi connectivity index (χ3n) is 3.04. The fourth-order valence-corrected chi connectivity index (χ4v) is 3.31. The molecular formula is C17H30N2O7S. The van der Waals surface area contributed by atoms with Gasteiger partial charge in [0.25, 0.3) is 0 Å². The molecule has 0 spiro atoms. The predicted octanol–water partition coefficient (Wildman–Crippen LogP) is 1.24. The number of carbonyl (C=O) groups excluding carboxylic acids is 1. The fourth-order valence-electron chi connectivity index (χ4n) is 2.10. The molecular weight excluding hydrogens is 376 g/mol. The molecule has 1 rings (SSSR count). The number of aliphatic hydroxyl groups excluding tert-OH is 1. The van der Waals surface area contributed by atoms with Gasteiger partial charge in [-0.05, 0) is 45.2 Å². The monoisotopic (exact) mass is 406 g/mol. The van der Waals surface area contributed by atoms with Gasteiger partial charge in [-0.25, -0.2) is 9.00 Å². The van der Waals surface area contributed by atoms with Gasteiger partial charge in [0.15, 0.2) is 0 Å². The van der Waals surface area contributed by atoms with Gasteiger partial charge in [0.2, 0.25) is 0 Å². The lowest BCUT2D eigenvalue weighted by Crippen LogP contribution is -2.70. The summed E-state index contributed by atoms with van der Waals surface area (Å²) in [5, 5.41) is 19.9. The molecule has 0 saturated carbocycles. The molecule has 0 saturated heterocycles. The third kappa shape index (κ3) is 10.9. The van der Waals surface area contributed by atoms with Crippen molar-refractivity contribution < 1.29 is 34.5 Å². The van der Waals surface area contributed by atoms with Crippen LogP contribution in [0.15, 0.2) is 22.6 Å². The van der Waals surface area contributed by atoms with E-state index in [1.807, 2.05) is 0 Å². The van der Waals surface area contributed by atoms with Crippen LogP contribution >= 0.6 is 0 Å². The predicted molar refractivity (Wildman–Crippen MR) is 103 cm³/mol. The molecule has 1 aromatic carbocycles. The summed E-state index contributed by atoms with van der Waals surface area (Å²) in [6.45, 7) is 5.59. The van der Waals surface area contributed by atoms with Crippen LogP contribution in [0.1, 0.15) is 39.2 Å². The van der Waals surface area contributed by atoms with Gasteiger partial charge in [0.05, 0.1) is 22.1 Å². The summed E-state index contributed by atoms with van der Waals surface area (Å²) in [4.78, 5) is 11.8. The Hall–Kier alpha value is -1.72. The minimum atomic E-state index is -2.88. The van der Waals surface area contributed by atoms with Gasteiger partial charge in [-0.1, -0.05) is 0 Å². The summed E-state index contributed by atoms with van der Waals surface area (Å²) < 4.78 is 26.9. The molecule has 9 nitrogen and oxygen atoms in total. The van der Waals surface area contributed by atoms with Crippen molar-refractivity contribution in [3.8, 4) is 5.75 Å². The molecule has 0 aliphatic carbocycles. The lowest BCUT2D eigenvalue weighted by molar-refractivity contribution is -0.497. The maximum atomic E-state index is 12.6. The van der Waals surface area contributed by atoms with Crippen molar-refractivity contribution in [3.05, 3.63) is 29.0 Å². The summed E-state index contributed by atoms with van der Waals surface area (Å²) in [6.07, 6.45) is 1.79. The van der Waals surface area contributed by atoms with Crippen LogP contribution in [0.25, 0.3) is 0 Å². The summed E-state index contributed by atoms with van der Waals surface area (Å²) >= 11 is 0. The number of hydrogen-bond acceptors (Lipinski definition) is 6. The Labute approximate surface area is 160 Å². The second kappa shape index (κ2) is 11.2. The van der Waals surface area contributed by atoms with Gasteiger partial charge in [-0.15, -0.1) is 4.36 Å². The SMILES string of the molecule is CC(C)(C)OC(=O)N=S(C)(=O)Cc1cc([NH2+][O-])cc(OCCCCO)c1.O. The van der Waals surface area contributed by atoms with E-state index < -0.39 is 21.4 Å². The van der Waals surface area contributed by atoms with Crippen LogP contribution in [-0.2, 0) is 20.2 Å². The molecule has 5 N–H and O–H groups in total. The topological polar surface area (TPSA) is 156 Å². The number of rotatable bonds is 8. The molecule has 1 atom stereocenters. The zero-order chi connectivity index (χ0) is 19.8. The van der Waals surface area contributed by atoms with Crippen LogP contribution in [0.5, 0.6) is 5.75 Å². The molecule has 1 unspecified atom stereocenters. The second-order valence-corrected chi connectivity index (χ2v) is 9.37. The summed E-state index contributed by atoms with van der Waals surface area (Å²) in [5.74, 6) is 0.455. The van der Waals surface area contributed by atoms with Gasteiger partial charge >= 0.3 is 6.09 Å². The Morgan fingerprint density at radius 3 is 2.52 bits per heavy atom. The molecule has 0 fully saturated rings. The average Bonchev–Trinajstić information content (AvgIpc) is 2.48. The van der Waals surface area contributed by atoms with Crippen LogP contribution in [0.4, 0.5) is 10.5 Å². The molecule has 0 aliphatic heterocycles. The van der Waals surface area contributed by atoms with E-state index in [0.717, 1.165) is 0 Å². The number of aliphatic hydroxyl groups is 1. The number of nitrogens with two attached hydrogens (primary N) is 1. The van der Waals surface area contributed by atoms with E-state index in [9.17, 15) is 14.2 Å². The Balaban J connectivity index is 0.00000676. The number of hydrogen-bond donors (Lipinski definition) is 2. The lowest BCUT2D eigenvalue weighted by atomic mass is 10.2. The molecule has 0 aliphatic rings. The van der Waals surface area contributed by atoms with Crippen molar-refractivity contribution in [3.63, 3.8) is 0 Å². The minimum Gasteiger partial charge on any atom is -0.630 e. The second-order valence-electron chi connectivity index (χ2n) is 6.98. The first-order valence-corrected chi connectivity index (χ1v) is 10.4. The number of unbranched alkanes of at least 4 members (excludes halogenated alkanes) is 1. The van der Waals surface area contributed by atoms with Crippen molar-refractivity contribution in [2.45, 2.75) is 45.0 Å². The number of benzene rings is 1. The van der Waals surface area contributed by atoms with Gasteiger partial charge in [0.1, 0.15) is 17.0 Å². The summed E-state index contributed by atoms with van der Waals surface area (Å²) in [6, 6.07) is 4.83. The van der Waals surface area contributed by atoms with Crippen molar-refractivity contribution in [2.24, 2.45) is 4.36 Å². The number of ether oxygens (including phenoxy) is 2. The van der Waals surface area contributed by atoms with Gasteiger partial charge in [0, 0.05) is 25.0 Å². The molecule has 10 heteroatoms. The maximum Gasteiger partial charge on any atom is 0.442 e. The highest BCUT2D eigenvalue weighted by Gasteiger charge is 2.18. The number of nitrogens with zero attached hydrogens (tertiary/aromatic N) is 1. The zero-order valence-corrected chi connectivity index (χ0v) is 17.0. The molecule has 0 heterocycles. The van der Waals surface area contributed by atoms with Crippen LogP contribution in [0, 0.1) is 5.21 Å². The van der Waals surface area contributed by atoms with E-state index in [0.29, 0.717) is 41.9 Å². The first kappa shape index (κ1) is 25.3. The van der Waals surface area contributed by atoms with Gasteiger partial charge < -0.3 is 30.7 Å². The molecule has 0 radical (unpaired) electrons. The highest BCUT2D eigenvalue weighted by atomic mass is 32.2. The van der Waals surface area contributed by atoms with Crippen molar-refractivity contribution in [2.75, 3.05) is 19.5 Å². The number of quaternary nitrogens is 1. The lowest BCUT2D eigenvalue weighted by Gasteiger charge is -2.17. The Bertz CT molecular complexity index is 722. The quantitative estimate of drug-likeness (QED) is 0.376. The van der Waals surface area contributed by atoms with Gasteiger partial charge in [-0.3, -0.25) is 0 Å². The van der Waals surface area contributed by atoms with E-state index >= 15 is 0 Å². The molecule has 1 aromatic rings. The highest BCUT2D eigenvalue weighted by molar-refractivity contribution is 7.92. The van der Waals surface area contributed by atoms with E-state index in [1.165, 1.54) is 6.26 Å². The van der Waals surface area contributed by atoms with Crippen molar-refractivity contribution in [1.29, 1.82) is 0 Å². The van der Waals surface area contributed by atoms with E-state index in [2.05, 4.69) is 4.36 Å². The van der Waals surface area contributed by atoms with Crippen LogP contribution < -0.4 is 10.2 Å².